The molecule has 1 fully saturated rings. The van der Waals surface area contributed by atoms with Crippen LogP contribution in [0.5, 0.6) is 5.75 Å². The van der Waals surface area contributed by atoms with Crippen molar-refractivity contribution < 1.29 is 4.74 Å². The van der Waals surface area contributed by atoms with Gasteiger partial charge in [-0.2, -0.15) is 0 Å². The molecule has 1 aliphatic rings. The molecule has 0 spiro atoms. The van der Waals surface area contributed by atoms with E-state index in [9.17, 15) is 0 Å². The topological polar surface area (TPSA) is 51.1 Å². The van der Waals surface area contributed by atoms with E-state index < -0.39 is 0 Å². The molecule has 0 unspecified atom stereocenters. The molecular weight excluding hydrogens is 300 g/mol. The van der Waals surface area contributed by atoms with E-state index in [0.717, 1.165) is 37.4 Å². The molecule has 22 heavy (non-hydrogen) atoms. The largest absolute Gasteiger partial charge is 0.492 e. The molecule has 1 saturated heterocycles. The zero-order chi connectivity index (χ0) is 15.4. The van der Waals surface area contributed by atoms with Crippen LogP contribution in [0.15, 0.2) is 30.9 Å². The van der Waals surface area contributed by atoms with Crippen molar-refractivity contribution in [2.75, 3.05) is 24.6 Å². The molecule has 0 aromatic carbocycles. The summed E-state index contributed by atoms with van der Waals surface area (Å²) in [5.74, 6) is 2.28. The van der Waals surface area contributed by atoms with E-state index in [1.54, 1.807) is 24.8 Å². The van der Waals surface area contributed by atoms with Gasteiger partial charge in [0.1, 0.15) is 22.9 Å². The van der Waals surface area contributed by atoms with Gasteiger partial charge in [-0.25, -0.2) is 9.97 Å². The summed E-state index contributed by atoms with van der Waals surface area (Å²) in [4.78, 5) is 14.8. The molecule has 0 atom stereocenters. The second kappa shape index (κ2) is 6.92. The monoisotopic (exact) mass is 318 g/mol. The molecule has 3 rings (SSSR count). The Kier molecular flexibility index (Phi) is 4.73. The van der Waals surface area contributed by atoms with Crippen LogP contribution in [-0.4, -0.2) is 34.6 Å². The van der Waals surface area contributed by atoms with Crippen LogP contribution in [0.4, 0.5) is 5.82 Å². The molecule has 0 saturated carbocycles. The normalized spacial score (nSPS) is 15.8. The predicted octanol–water partition coefficient (Wildman–Crippen LogP) is 3.13. The summed E-state index contributed by atoms with van der Waals surface area (Å²) in [6, 6.07) is 3.84. The van der Waals surface area contributed by atoms with E-state index >= 15 is 0 Å². The Bertz CT molecular complexity index is 629. The summed E-state index contributed by atoms with van der Waals surface area (Å²) in [7, 11) is 0. The molecule has 0 radical (unpaired) electrons. The summed E-state index contributed by atoms with van der Waals surface area (Å²) in [5, 5.41) is 0.566. The van der Waals surface area contributed by atoms with E-state index in [4.69, 9.17) is 16.3 Å². The van der Waals surface area contributed by atoms with Gasteiger partial charge >= 0.3 is 0 Å². The highest BCUT2D eigenvalue weighted by molar-refractivity contribution is 6.31. The van der Waals surface area contributed by atoms with Crippen LogP contribution in [0, 0.1) is 12.8 Å². The molecule has 2 aromatic heterocycles. The number of rotatable bonds is 4. The number of piperidine rings is 1. The van der Waals surface area contributed by atoms with Crippen LogP contribution in [0.2, 0.25) is 5.02 Å². The summed E-state index contributed by atoms with van der Waals surface area (Å²) in [6.45, 7) is 4.67. The number of aromatic nitrogens is 3. The molecule has 5 nitrogen and oxygen atoms in total. The lowest BCUT2D eigenvalue weighted by atomic mass is 9.98. The van der Waals surface area contributed by atoms with Gasteiger partial charge in [-0.3, -0.25) is 4.98 Å². The van der Waals surface area contributed by atoms with Gasteiger partial charge in [0.05, 0.1) is 6.61 Å². The Morgan fingerprint density at radius 2 is 2.14 bits per heavy atom. The number of anilines is 1. The SMILES string of the molecule is Cc1cc(N2CCC(COc3ccncc3Cl)CC2)ncn1. The van der Waals surface area contributed by atoms with E-state index in [2.05, 4.69) is 19.9 Å². The van der Waals surface area contributed by atoms with Crippen molar-refractivity contribution in [2.24, 2.45) is 5.92 Å². The second-order valence-electron chi connectivity index (χ2n) is 5.57. The van der Waals surface area contributed by atoms with Gasteiger partial charge in [0.2, 0.25) is 0 Å². The van der Waals surface area contributed by atoms with Crippen LogP contribution >= 0.6 is 11.6 Å². The molecule has 0 aliphatic carbocycles. The fourth-order valence-electron chi connectivity index (χ4n) is 2.63. The van der Waals surface area contributed by atoms with Crippen LogP contribution in [0.3, 0.4) is 0 Å². The highest BCUT2D eigenvalue weighted by Gasteiger charge is 2.21. The number of ether oxygens (including phenoxy) is 1. The lowest BCUT2D eigenvalue weighted by Crippen LogP contribution is -2.36. The highest BCUT2D eigenvalue weighted by atomic mass is 35.5. The van der Waals surface area contributed by atoms with Crippen molar-refractivity contribution in [3.63, 3.8) is 0 Å². The first-order valence-corrected chi connectivity index (χ1v) is 7.86. The highest BCUT2D eigenvalue weighted by Crippen LogP contribution is 2.26. The Labute approximate surface area is 135 Å². The zero-order valence-electron chi connectivity index (χ0n) is 12.6. The van der Waals surface area contributed by atoms with Crippen LogP contribution in [0.1, 0.15) is 18.5 Å². The number of halogens is 1. The molecule has 2 aromatic rings. The molecule has 0 bridgehead atoms. The molecule has 0 amide bonds. The van der Waals surface area contributed by atoms with Crippen molar-refractivity contribution in [2.45, 2.75) is 19.8 Å². The minimum atomic E-state index is 0.545. The summed E-state index contributed by atoms with van der Waals surface area (Å²) in [6.07, 6.45) is 7.11. The minimum absolute atomic E-state index is 0.545. The number of hydrogen-bond acceptors (Lipinski definition) is 5. The van der Waals surface area contributed by atoms with Gasteiger partial charge in [-0.15, -0.1) is 0 Å². The van der Waals surface area contributed by atoms with E-state index in [0.29, 0.717) is 23.3 Å². The van der Waals surface area contributed by atoms with Crippen molar-refractivity contribution >= 4 is 17.4 Å². The van der Waals surface area contributed by atoms with Crippen LogP contribution in [0.25, 0.3) is 0 Å². The molecule has 1 aliphatic heterocycles. The van der Waals surface area contributed by atoms with Crippen LogP contribution < -0.4 is 9.64 Å². The van der Waals surface area contributed by atoms with E-state index in [1.165, 1.54) is 0 Å². The Morgan fingerprint density at radius 1 is 1.32 bits per heavy atom. The molecule has 116 valence electrons. The first-order valence-electron chi connectivity index (χ1n) is 7.48. The first-order chi connectivity index (χ1) is 10.7. The third-order valence-electron chi connectivity index (χ3n) is 3.94. The lowest BCUT2D eigenvalue weighted by molar-refractivity contribution is 0.222. The first kappa shape index (κ1) is 15.0. The number of nitrogens with zero attached hydrogens (tertiary/aromatic N) is 4. The molecule has 0 N–H and O–H groups in total. The van der Waals surface area contributed by atoms with Gasteiger partial charge < -0.3 is 9.64 Å². The van der Waals surface area contributed by atoms with Gasteiger partial charge in [0.15, 0.2) is 0 Å². The fraction of sp³-hybridized carbons (Fsp3) is 0.438. The third kappa shape index (κ3) is 3.65. The maximum Gasteiger partial charge on any atom is 0.141 e. The van der Waals surface area contributed by atoms with E-state index in [-0.39, 0.29) is 0 Å². The summed E-state index contributed by atoms with van der Waals surface area (Å²) >= 11 is 6.05. The Hall–Kier alpha value is -1.88. The van der Waals surface area contributed by atoms with Crippen molar-refractivity contribution in [1.82, 2.24) is 15.0 Å². The Morgan fingerprint density at radius 3 is 2.86 bits per heavy atom. The van der Waals surface area contributed by atoms with Gasteiger partial charge in [-0.05, 0) is 25.7 Å². The summed E-state index contributed by atoms with van der Waals surface area (Å²) in [5.41, 5.74) is 1.00. The van der Waals surface area contributed by atoms with E-state index in [1.807, 2.05) is 13.0 Å². The van der Waals surface area contributed by atoms with Crippen molar-refractivity contribution in [3.05, 3.63) is 41.6 Å². The van der Waals surface area contributed by atoms with Gasteiger partial charge in [0, 0.05) is 43.3 Å². The minimum Gasteiger partial charge on any atom is -0.492 e. The number of pyridine rings is 1. The summed E-state index contributed by atoms with van der Waals surface area (Å²) < 4.78 is 5.82. The molecule has 6 heteroatoms. The van der Waals surface area contributed by atoms with Crippen LogP contribution in [-0.2, 0) is 0 Å². The van der Waals surface area contributed by atoms with Crippen molar-refractivity contribution in [1.29, 1.82) is 0 Å². The average Bonchev–Trinajstić information content (AvgIpc) is 2.55. The Balaban J connectivity index is 1.51. The second-order valence-corrected chi connectivity index (χ2v) is 5.97. The average molecular weight is 319 g/mol. The quantitative estimate of drug-likeness (QED) is 0.867. The third-order valence-corrected chi connectivity index (χ3v) is 4.22. The lowest BCUT2D eigenvalue weighted by Gasteiger charge is -2.32. The number of aryl methyl sites for hydroxylation is 1. The fourth-order valence-corrected chi connectivity index (χ4v) is 2.80. The zero-order valence-corrected chi connectivity index (χ0v) is 13.3. The molecule has 3 heterocycles. The maximum absolute atomic E-state index is 6.05. The standard InChI is InChI=1S/C16H19ClN4O/c1-12-8-16(20-11-19-12)21-6-3-13(4-7-21)10-22-15-2-5-18-9-14(15)17/h2,5,8-9,11,13H,3-4,6-7,10H2,1H3. The maximum atomic E-state index is 6.05. The van der Waals surface area contributed by atoms with Crippen molar-refractivity contribution in [3.8, 4) is 5.75 Å². The number of hydrogen-bond donors (Lipinski definition) is 0. The van der Waals surface area contributed by atoms with Gasteiger partial charge in [-0.1, -0.05) is 11.6 Å². The molecular formula is C16H19ClN4O. The predicted molar refractivity (Wildman–Crippen MR) is 86.4 cm³/mol. The van der Waals surface area contributed by atoms with Gasteiger partial charge in [0.25, 0.3) is 0 Å². The smallest absolute Gasteiger partial charge is 0.141 e.